The lowest BCUT2D eigenvalue weighted by atomic mass is 9.98. The summed E-state index contributed by atoms with van der Waals surface area (Å²) in [6.07, 6.45) is 2.19. The van der Waals surface area contributed by atoms with Crippen LogP contribution in [0.4, 0.5) is 10.5 Å². The number of amides is 3. The van der Waals surface area contributed by atoms with Gasteiger partial charge in [0.05, 0.1) is 6.04 Å². The average Bonchev–Trinajstić information content (AvgIpc) is 2.50. The van der Waals surface area contributed by atoms with Gasteiger partial charge >= 0.3 is 6.03 Å². The Kier molecular flexibility index (Phi) is 5.98. The number of hydrogen-bond donors (Lipinski definition) is 3. The smallest absolute Gasteiger partial charge is 0.315 e. The van der Waals surface area contributed by atoms with Gasteiger partial charge in [0.2, 0.25) is 5.91 Å². The second-order valence-corrected chi connectivity index (χ2v) is 6.24. The Hall–Kier alpha value is -2.08. The number of carbonyl (C=O) groups is 2. The zero-order valence-electron chi connectivity index (χ0n) is 14.1. The molecule has 6 nitrogen and oxygen atoms in total. The van der Waals surface area contributed by atoms with Crippen molar-refractivity contribution in [3.05, 3.63) is 29.3 Å². The Morgan fingerprint density at radius 1 is 1.35 bits per heavy atom. The van der Waals surface area contributed by atoms with Crippen molar-refractivity contribution in [1.29, 1.82) is 0 Å². The number of rotatable bonds is 6. The molecule has 0 unspecified atom stereocenters. The minimum Gasteiger partial charge on any atom is -0.338 e. The maximum atomic E-state index is 11.9. The summed E-state index contributed by atoms with van der Waals surface area (Å²) in [6, 6.07) is 5.69. The van der Waals surface area contributed by atoms with Gasteiger partial charge in [0.15, 0.2) is 0 Å². The molecule has 0 fully saturated rings. The summed E-state index contributed by atoms with van der Waals surface area (Å²) in [6.45, 7) is 3.57. The lowest BCUT2D eigenvalue weighted by Crippen LogP contribution is -2.38. The topological polar surface area (TPSA) is 73.5 Å². The standard InChI is InChI=1S/C17H26N4O2/c1-12(19-17(23)18-9-4-10-21(2)3)13-5-7-15-14(11-13)6-8-16(22)20-15/h5,7,11-12H,4,6,8-10H2,1-3H3,(H,20,22)(H2,18,19,23)/t12-/m1/s1. The van der Waals surface area contributed by atoms with E-state index in [9.17, 15) is 9.59 Å². The number of aryl methyl sites for hydroxylation is 1. The van der Waals surface area contributed by atoms with Crippen molar-refractivity contribution in [2.45, 2.75) is 32.2 Å². The van der Waals surface area contributed by atoms with Crippen molar-refractivity contribution in [2.24, 2.45) is 0 Å². The first-order valence-corrected chi connectivity index (χ1v) is 8.07. The molecule has 0 aromatic heterocycles. The van der Waals surface area contributed by atoms with Crippen molar-refractivity contribution >= 4 is 17.6 Å². The molecule has 0 bridgehead atoms. The molecule has 6 heteroatoms. The molecule has 1 aliphatic rings. The highest BCUT2D eigenvalue weighted by Crippen LogP contribution is 2.25. The van der Waals surface area contributed by atoms with E-state index in [1.54, 1.807) is 0 Å². The highest BCUT2D eigenvalue weighted by atomic mass is 16.2. The molecule has 0 saturated carbocycles. The summed E-state index contributed by atoms with van der Waals surface area (Å²) in [7, 11) is 4.03. The number of nitrogens with zero attached hydrogens (tertiary/aromatic N) is 1. The number of hydrogen-bond acceptors (Lipinski definition) is 3. The van der Waals surface area contributed by atoms with Crippen LogP contribution in [-0.4, -0.2) is 44.0 Å². The van der Waals surface area contributed by atoms with Gasteiger partial charge in [-0.3, -0.25) is 4.79 Å². The molecule has 1 atom stereocenters. The Morgan fingerprint density at radius 2 is 2.13 bits per heavy atom. The first-order chi connectivity index (χ1) is 11.0. The van der Waals surface area contributed by atoms with Crippen LogP contribution in [0.15, 0.2) is 18.2 Å². The summed E-state index contributed by atoms with van der Waals surface area (Å²) in [5.41, 5.74) is 3.05. The fourth-order valence-corrected chi connectivity index (χ4v) is 2.60. The van der Waals surface area contributed by atoms with Crippen molar-refractivity contribution in [2.75, 3.05) is 32.5 Å². The molecule has 2 rings (SSSR count). The van der Waals surface area contributed by atoms with Gasteiger partial charge in [0, 0.05) is 18.7 Å². The van der Waals surface area contributed by atoms with E-state index in [1.807, 2.05) is 33.2 Å². The van der Waals surface area contributed by atoms with Crippen molar-refractivity contribution in [3.8, 4) is 0 Å². The summed E-state index contributed by atoms with van der Waals surface area (Å²) in [4.78, 5) is 25.4. The highest BCUT2D eigenvalue weighted by molar-refractivity contribution is 5.93. The molecule has 1 aliphatic heterocycles. The molecule has 0 spiro atoms. The zero-order valence-corrected chi connectivity index (χ0v) is 14.1. The van der Waals surface area contributed by atoms with E-state index >= 15 is 0 Å². The fourth-order valence-electron chi connectivity index (χ4n) is 2.60. The Bertz CT molecular complexity index is 572. The Balaban J connectivity index is 1.84. The molecule has 0 saturated heterocycles. The monoisotopic (exact) mass is 318 g/mol. The third-order valence-electron chi connectivity index (χ3n) is 3.94. The molecule has 1 heterocycles. The van der Waals surface area contributed by atoms with Crippen LogP contribution in [0, 0.1) is 0 Å². The normalized spacial score (nSPS) is 14.9. The van der Waals surface area contributed by atoms with Crippen LogP contribution in [0.3, 0.4) is 0 Å². The van der Waals surface area contributed by atoms with Gasteiger partial charge in [0.25, 0.3) is 0 Å². The van der Waals surface area contributed by atoms with E-state index in [0.29, 0.717) is 13.0 Å². The molecule has 3 amide bonds. The summed E-state index contributed by atoms with van der Waals surface area (Å²) in [5, 5.41) is 8.69. The number of anilines is 1. The molecule has 126 valence electrons. The number of fused-ring (bicyclic) bond motifs is 1. The van der Waals surface area contributed by atoms with Gasteiger partial charge in [-0.25, -0.2) is 4.79 Å². The Morgan fingerprint density at radius 3 is 2.87 bits per heavy atom. The third kappa shape index (κ3) is 5.25. The number of carbonyl (C=O) groups excluding carboxylic acids is 2. The van der Waals surface area contributed by atoms with Crippen LogP contribution in [-0.2, 0) is 11.2 Å². The van der Waals surface area contributed by atoms with Gasteiger partial charge in [-0.15, -0.1) is 0 Å². The van der Waals surface area contributed by atoms with Gasteiger partial charge in [0.1, 0.15) is 0 Å². The highest BCUT2D eigenvalue weighted by Gasteiger charge is 2.17. The fraction of sp³-hybridized carbons (Fsp3) is 0.529. The maximum absolute atomic E-state index is 11.9. The first kappa shape index (κ1) is 17.3. The molecule has 0 aliphatic carbocycles. The minimum absolute atomic E-state index is 0.0634. The second kappa shape index (κ2) is 7.97. The zero-order chi connectivity index (χ0) is 16.8. The number of benzene rings is 1. The van der Waals surface area contributed by atoms with Gasteiger partial charge in [-0.1, -0.05) is 12.1 Å². The number of urea groups is 1. The van der Waals surface area contributed by atoms with Crippen LogP contribution in [0.2, 0.25) is 0 Å². The lowest BCUT2D eigenvalue weighted by Gasteiger charge is -2.20. The predicted octanol–water partition coefficient (Wildman–Crippen LogP) is 1.88. The van der Waals surface area contributed by atoms with E-state index in [4.69, 9.17) is 0 Å². The van der Waals surface area contributed by atoms with Crippen LogP contribution in [0.25, 0.3) is 0 Å². The van der Waals surface area contributed by atoms with Crippen LogP contribution < -0.4 is 16.0 Å². The largest absolute Gasteiger partial charge is 0.338 e. The SMILES string of the molecule is C[C@@H](NC(=O)NCCCN(C)C)c1ccc2c(c1)CCC(=O)N2. The molecule has 23 heavy (non-hydrogen) atoms. The van der Waals surface area contributed by atoms with Gasteiger partial charge in [-0.05, 0) is 57.6 Å². The molecular weight excluding hydrogens is 292 g/mol. The predicted molar refractivity (Wildman–Crippen MR) is 91.5 cm³/mol. The van der Waals surface area contributed by atoms with Crippen LogP contribution in [0.5, 0.6) is 0 Å². The summed E-state index contributed by atoms with van der Waals surface area (Å²) >= 11 is 0. The maximum Gasteiger partial charge on any atom is 0.315 e. The second-order valence-electron chi connectivity index (χ2n) is 6.24. The molecule has 1 aromatic carbocycles. The van der Waals surface area contributed by atoms with Crippen LogP contribution >= 0.6 is 0 Å². The average molecular weight is 318 g/mol. The van der Waals surface area contributed by atoms with Crippen molar-refractivity contribution in [3.63, 3.8) is 0 Å². The lowest BCUT2D eigenvalue weighted by molar-refractivity contribution is -0.116. The summed E-state index contributed by atoms with van der Waals surface area (Å²) < 4.78 is 0. The third-order valence-corrected chi connectivity index (χ3v) is 3.94. The molecule has 0 radical (unpaired) electrons. The Labute approximate surface area is 137 Å². The van der Waals surface area contributed by atoms with Crippen molar-refractivity contribution in [1.82, 2.24) is 15.5 Å². The molecule has 1 aromatic rings. The van der Waals surface area contributed by atoms with E-state index in [1.165, 1.54) is 0 Å². The number of nitrogens with one attached hydrogen (secondary N) is 3. The van der Waals surface area contributed by atoms with E-state index < -0.39 is 0 Å². The van der Waals surface area contributed by atoms with E-state index in [2.05, 4.69) is 26.9 Å². The van der Waals surface area contributed by atoms with E-state index in [0.717, 1.165) is 36.2 Å². The van der Waals surface area contributed by atoms with Crippen molar-refractivity contribution < 1.29 is 9.59 Å². The molecular formula is C17H26N4O2. The quantitative estimate of drug-likeness (QED) is 0.701. The summed E-state index contributed by atoms with van der Waals surface area (Å²) in [5.74, 6) is 0.0634. The first-order valence-electron chi connectivity index (χ1n) is 8.07. The van der Waals surface area contributed by atoms with Gasteiger partial charge in [-0.2, -0.15) is 0 Å². The minimum atomic E-state index is -0.151. The van der Waals surface area contributed by atoms with E-state index in [-0.39, 0.29) is 18.0 Å². The molecule has 3 N–H and O–H groups in total. The van der Waals surface area contributed by atoms with Crippen LogP contribution in [0.1, 0.15) is 36.9 Å². The van der Waals surface area contributed by atoms with Gasteiger partial charge < -0.3 is 20.9 Å².